The Bertz CT molecular complexity index is 440. The molecule has 2 rings (SSSR count). The van der Waals surface area contributed by atoms with Gasteiger partial charge in [-0.3, -0.25) is 14.8 Å². The van der Waals surface area contributed by atoms with Crippen molar-refractivity contribution >= 4 is 12.1 Å². The highest BCUT2D eigenvalue weighted by atomic mass is 16.1. The molecule has 96 valence electrons. The van der Waals surface area contributed by atoms with Crippen molar-refractivity contribution in [1.29, 1.82) is 0 Å². The molecule has 0 radical (unpaired) electrons. The molecule has 1 amide bonds. The number of amides is 1. The molecule has 5 heteroatoms. The summed E-state index contributed by atoms with van der Waals surface area (Å²) in [6.45, 7) is 0.886. The van der Waals surface area contributed by atoms with Gasteiger partial charge in [0.25, 0.3) is 0 Å². The molecule has 1 aliphatic rings. The largest absolute Gasteiger partial charge is 0.358 e. The van der Waals surface area contributed by atoms with Crippen molar-refractivity contribution < 1.29 is 4.79 Å². The third-order valence-corrected chi connectivity index (χ3v) is 2.69. The van der Waals surface area contributed by atoms with Gasteiger partial charge in [0, 0.05) is 26.0 Å². The van der Waals surface area contributed by atoms with Gasteiger partial charge in [-0.2, -0.15) is 0 Å². The van der Waals surface area contributed by atoms with Crippen LogP contribution in [0.1, 0.15) is 24.1 Å². The van der Waals surface area contributed by atoms with Crippen LogP contribution in [0, 0.1) is 0 Å². The van der Waals surface area contributed by atoms with Crippen molar-refractivity contribution in [3.63, 3.8) is 0 Å². The number of aromatic nitrogens is 1. The van der Waals surface area contributed by atoms with E-state index in [-0.39, 0.29) is 5.91 Å². The smallest absolute Gasteiger partial charge is 0.233 e. The molecule has 0 unspecified atom stereocenters. The van der Waals surface area contributed by atoms with Gasteiger partial charge in [0.05, 0.1) is 18.3 Å². The quantitative estimate of drug-likeness (QED) is 0.718. The molecule has 0 aromatic carbocycles. The fourth-order valence-corrected chi connectivity index (χ4v) is 1.48. The van der Waals surface area contributed by atoms with Gasteiger partial charge in [-0.1, -0.05) is 0 Å². The Morgan fingerprint density at radius 2 is 2.44 bits per heavy atom. The summed E-state index contributed by atoms with van der Waals surface area (Å²) in [6.07, 6.45) is 6.09. The van der Waals surface area contributed by atoms with Gasteiger partial charge in [-0.05, 0) is 30.5 Å². The summed E-state index contributed by atoms with van der Waals surface area (Å²) in [5, 5.41) is 5.60. The number of pyridine rings is 1. The van der Waals surface area contributed by atoms with Gasteiger partial charge in [-0.25, -0.2) is 0 Å². The zero-order valence-electron chi connectivity index (χ0n) is 10.5. The lowest BCUT2D eigenvalue weighted by atomic mass is 10.2. The lowest BCUT2D eigenvalue weighted by molar-refractivity contribution is -0.119. The molecule has 1 aliphatic carbocycles. The molecule has 0 spiro atoms. The van der Waals surface area contributed by atoms with Crippen LogP contribution in [-0.4, -0.2) is 36.7 Å². The molecule has 2 N–H and O–H groups in total. The molecule has 1 saturated carbocycles. The fourth-order valence-electron chi connectivity index (χ4n) is 1.48. The molecule has 1 fully saturated rings. The topological polar surface area (TPSA) is 66.4 Å². The Morgan fingerprint density at radius 3 is 3.17 bits per heavy atom. The highest BCUT2D eigenvalue weighted by molar-refractivity contribution is 5.79. The molecule has 0 saturated heterocycles. The lowest BCUT2D eigenvalue weighted by Gasteiger charge is -2.04. The molecule has 1 aromatic heterocycles. The first-order valence-electron chi connectivity index (χ1n) is 6.17. The van der Waals surface area contributed by atoms with Gasteiger partial charge in [-0.15, -0.1) is 0 Å². The van der Waals surface area contributed by atoms with E-state index in [0.29, 0.717) is 19.1 Å². The maximum Gasteiger partial charge on any atom is 0.233 e. The van der Waals surface area contributed by atoms with Crippen molar-refractivity contribution in [2.24, 2.45) is 4.99 Å². The predicted molar refractivity (Wildman–Crippen MR) is 70.6 cm³/mol. The lowest BCUT2D eigenvalue weighted by Crippen LogP contribution is -2.31. The number of hydrogen-bond acceptors (Lipinski definition) is 4. The zero-order chi connectivity index (χ0) is 12.8. The second-order valence-corrected chi connectivity index (χ2v) is 4.37. The SMILES string of the molecule is CNC(=O)CNCc1cc(C=NC2CC2)ccn1. The second kappa shape index (κ2) is 6.26. The van der Waals surface area contributed by atoms with Crippen LogP contribution in [0.25, 0.3) is 0 Å². The molecule has 1 heterocycles. The molecular formula is C13H18N4O. The fraction of sp³-hybridized carbons (Fsp3) is 0.462. The predicted octanol–water partition coefficient (Wildman–Crippen LogP) is 0.498. The van der Waals surface area contributed by atoms with Crippen LogP contribution in [0.3, 0.4) is 0 Å². The van der Waals surface area contributed by atoms with Crippen molar-refractivity contribution in [2.45, 2.75) is 25.4 Å². The Kier molecular flexibility index (Phi) is 4.41. The first-order chi connectivity index (χ1) is 8.78. The van der Waals surface area contributed by atoms with E-state index in [4.69, 9.17) is 0 Å². The highest BCUT2D eigenvalue weighted by Crippen LogP contribution is 2.23. The summed E-state index contributed by atoms with van der Waals surface area (Å²) < 4.78 is 0. The number of carbonyl (C=O) groups is 1. The van der Waals surface area contributed by atoms with Crippen LogP contribution >= 0.6 is 0 Å². The minimum atomic E-state index is -0.0264. The molecule has 0 atom stereocenters. The molecular weight excluding hydrogens is 228 g/mol. The number of nitrogens with zero attached hydrogens (tertiary/aromatic N) is 2. The van der Waals surface area contributed by atoms with Gasteiger partial charge in [0.1, 0.15) is 0 Å². The van der Waals surface area contributed by atoms with Gasteiger partial charge in [0.15, 0.2) is 0 Å². The van der Waals surface area contributed by atoms with E-state index in [1.165, 1.54) is 12.8 Å². The summed E-state index contributed by atoms with van der Waals surface area (Å²) in [5.74, 6) is -0.0264. The number of hydrogen-bond donors (Lipinski definition) is 2. The molecule has 0 bridgehead atoms. The van der Waals surface area contributed by atoms with Crippen LogP contribution < -0.4 is 10.6 Å². The number of carbonyl (C=O) groups excluding carboxylic acids is 1. The van der Waals surface area contributed by atoms with E-state index >= 15 is 0 Å². The van der Waals surface area contributed by atoms with Gasteiger partial charge < -0.3 is 10.6 Å². The van der Waals surface area contributed by atoms with E-state index < -0.39 is 0 Å². The maximum absolute atomic E-state index is 11.0. The Labute approximate surface area is 107 Å². The number of aliphatic imine (C=N–C) groups is 1. The van der Waals surface area contributed by atoms with Crippen LogP contribution in [0.15, 0.2) is 23.3 Å². The standard InChI is InChI=1S/C13H18N4O/c1-14-13(18)9-15-8-12-6-10(4-5-16-12)7-17-11-2-3-11/h4-7,11,15H,2-3,8-9H2,1H3,(H,14,18). The first kappa shape index (κ1) is 12.7. The molecule has 0 aliphatic heterocycles. The first-order valence-corrected chi connectivity index (χ1v) is 6.17. The molecule has 18 heavy (non-hydrogen) atoms. The van der Waals surface area contributed by atoms with Crippen LogP contribution in [0.5, 0.6) is 0 Å². The Balaban J connectivity index is 1.84. The van der Waals surface area contributed by atoms with E-state index in [2.05, 4.69) is 20.6 Å². The minimum Gasteiger partial charge on any atom is -0.358 e. The number of rotatable bonds is 6. The zero-order valence-corrected chi connectivity index (χ0v) is 10.5. The molecule has 1 aromatic rings. The van der Waals surface area contributed by atoms with Gasteiger partial charge >= 0.3 is 0 Å². The van der Waals surface area contributed by atoms with Crippen molar-refractivity contribution in [3.05, 3.63) is 29.6 Å². The van der Waals surface area contributed by atoms with E-state index in [0.717, 1.165) is 11.3 Å². The number of nitrogens with one attached hydrogen (secondary N) is 2. The van der Waals surface area contributed by atoms with Crippen molar-refractivity contribution in [2.75, 3.05) is 13.6 Å². The summed E-state index contributed by atoms with van der Waals surface area (Å²) in [7, 11) is 1.62. The number of likely N-dealkylation sites (N-methyl/N-ethyl adjacent to an activating group) is 1. The van der Waals surface area contributed by atoms with Crippen molar-refractivity contribution in [3.8, 4) is 0 Å². The summed E-state index contributed by atoms with van der Waals surface area (Å²) in [6, 6.07) is 4.46. The normalized spacial score (nSPS) is 14.9. The minimum absolute atomic E-state index is 0.0264. The van der Waals surface area contributed by atoms with Crippen molar-refractivity contribution in [1.82, 2.24) is 15.6 Å². The average Bonchev–Trinajstić information content (AvgIpc) is 3.21. The maximum atomic E-state index is 11.0. The van der Waals surface area contributed by atoms with Gasteiger partial charge in [0.2, 0.25) is 5.91 Å². The van der Waals surface area contributed by atoms with Crippen LogP contribution in [0.2, 0.25) is 0 Å². The average molecular weight is 246 g/mol. The summed E-state index contributed by atoms with van der Waals surface area (Å²) in [5.41, 5.74) is 1.98. The van der Waals surface area contributed by atoms with E-state index in [1.54, 1.807) is 13.2 Å². The summed E-state index contributed by atoms with van der Waals surface area (Å²) in [4.78, 5) is 19.7. The van der Waals surface area contributed by atoms with E-state index in [9.17, 15) is 4.79 Å². The molecule has 5 nitrogen and oxygen atoms in total. The Hall–Kier alpha value is -1.75. The highest BCUT2D eigenvalue weighted by Gasteiger charge is 2.18. The third kappa shape index (κ3) is 4.25. The second-order valence-electron chi connectivity index (χ2n) is 4.37. The van der Waals surface area contributed by atoms with Crippen LogP contribution in [0.4, 0.5) is 0 Å². The monoisotopic (exact) mass is 246 g/mol. The summed E-state index contributed by atoms with van der Waals surface area (Å²) >= 11 is 0. The van der Waals surface area contributed by atoms with E-state index in [1.807, 2.05) is 18.3 Å². The van der Waals surface area contributed by atoms with Crippen LogP contribution in [-0.2, 0) is 11.3 Å². The Morgan fingerprint density at radius 1 is 1.61 bits per heavy atom. The third-order valence-electron chi connectivity index (χ3n) is 2.69.